The number of halogens is 1. The Bertz CT molecular complexity index is 996. The molecule has 2 aromatic heterocycles. The smallest absolute Gasteiger partial charge is 0.277 e. The summed E-state index contributed by atoms with van der Waals surface area (Å²) in [4.78, 5) is 31.2. The molecule has 1 N–H and O–H groups in total. The van der Waals surface area contributed by atoms with E-state index in [2.05, 4.69) is 34.1 Å². The van der Waals surface area contributed by atoms with Gasteiger partial charge in [-0.1, -0.05) is 13.8 Å². The zero-order valence-corrected chi connectivity index (χ0v) is 19.8. The van der Waals surface area contributed by atoms with Gasteiger partial charge in [0, 0.05) is 13.1 Å². The number of hydrogen-bond acceptors (Lipinski definition) is 9. The zero-order chi connectivity index (χ0) is 23.2. The SMILES string of the molecule is CCC(CC)Nc1nc(Cl)nc2c1ncn2[C@@H]1O[C@H](C(=O)N(C)OC)[C@H]2OC(C)(C)O[C@H]21. The third-order valence-electron chi connectivity index (χ3n) is 5.85. The number of hydroxylamine groups is 2. The predicted molar refractivity (Wildman–Crippen MR) is 116 cm³/mol. The summed E-state index contributed by atoms with van der Waals surface area (Å²) in [5, 5.41) is 4.58. The van der Waals surface area contributed by atoms with E-state index in [0.29, 0.717) is 17.0 Å². The molecule has 2 saturated heterocycles. The summed E-state index contributed by atoms with van der Waals surface area (Å²) in [5.74, 6) is -0.704. The summed E-state index contributed by atoms with van der Waals surface area (Å²) in [7, 11) is 2.93. The topological polar surface area (TPSA) is 113 Å². The van der Waals surface area contributed by atoms with E-state index < -0.39 is 30.3 Å². The van der Waals surface area contributed by atoms with E-state index in [4.69, 9.17) is 30.6 Å². The van der Waals surface area contributed by atoms with Crippen LogP contribution in [0.15, 0.2) is 6.33 Å². The summed E-state index contributed by atoms with van der Waals surface area (Å²) in [6, 6.07) is 0.223. The van der Waals surface area contributed by atoms with Gasteiger partial charge in [-0.3, -0.25) is 14.2 Å². The van der Waals surface area contributed by atoms with Crippen molar-refractivity contribution in [2.45, 2.75) is 76.9 Å². The van der Waals surface area contributed by atoms with Gasteiger partial charge in [0.2, 0.25) is 5.28 Å². The van der Waals surface area contributed by atoms with Crippen LogP contribution >= 0.6 is 11.6 Å². The number of rotatable bonds is 7. The molecule has 2 aromatic rings. The second-order valence-corrected chi connectivity index (χ2v) is 8.69. The van der Waals surface area contributed by atoms with Crippen LogP contribution in [0.25, 0.3) is 11.2 Å². The molecule has 176 valence electrons. The molecule has 0 saturated carbocycles. The minimum atomic E-state index is -0.923. The molecule has 1 amide bonds. The monoisotopic (exact) mass is 468 g/mol. The minimum Gasteiger partial charge on any atom is -0.365 e. The lowest BCUT2D eigenvalue weighted by molar-refractivity contribution is -0.211. The maximum absolute atomic E-state index is 12.9. The van der Waals surface area contributed by atoms with Crippen molar-refractivity contribution in [3.63, 3.8) is 0 Å². The highest BCUT2D eigenvalue weighted by Crippen LogP contribution is 2.44. The Balaban J connectivity index is 1.73. The summed E-state index contributed by atoms with van der Waals surface area (Å²) in [5.41, 5.74) is 1.03. The summed E-state index contributed by atoms with van der Waals surface area (Å²) in [6.45, 7) is 7.79. The normalized spacial score (nSPS) is 26.6. The maximum Gasteiger partial charge on any atom is 0.277 e. The van der Waals surface area contributed by atoms with Gasteiger partial charge in [-0.25, -0.2) is 10.0 Å². The number of nitrogens with one attached hydrogen (secondary N) is 1. The quantitative estimate of drug-likeness (QED) is 0.483. The summed E-state index contributed by atoms with van der Waals surface area (Å²) in [6.07, 6.45) is 0.617. The molecule has 0 bridgehead atoms. The highest BCUT2D eigenvalue weighted by atomic mass is 35.5. The number of carbonyl (C=O) groups is 1. The number of nitrogens with zero attached hydrogens (tertiary/aromatic N) is 5. The van der Waals surface area contributed by atoms with E-state index in [1.807, 2.05) is 0 Å². The van der Waals surface area contributed by atoms with Crippen molar-refractivity contribution in [2.24, 2.45) is 0 Å². The van der Waals surface area contributed by atoms with Crippen molar-refractivity contribution in [2.75, 3.05) is 19.5 Å². The second kappa shape index (κ2) is 8.71. The van der Waals surface area contributed by atoms with Crippen LogP contribution in [0.5, 0.6) is 0 Å². The van der Waals surface area contributed by atoms with Crippen molar-refractivity contribution < 1.29 is 23.8 Å². The fourth-order valence-corrected chi connectivity index (χ4v) is 4.30. The van der Waals surface area contributed by atoms with Gasteiger partial charge in [-0.05, 0) is 38.3 Å². The van der Waals surface area contributed by atoms with Crippen molar-refractivity contribution >= 4 is 34.5 Å². The Morgan fingerprint density at radius 2 is 2.00 bits per heavy atom. The van der Waals surface area contributed by atoms with Crippen LogP contribution < -0.4 is 5.32 Å². The predicted octanol–water partition coefficient (Wildman–Crippen LogP) is 2.52. The third kappa shape index (κ3) is 4.03. The average molecular weight is 469 g/mol. The van der Waals surface area contributed by atoms with Gasteiger partial charge >= 0.3 is 0 Å². The summed E-state index contributed by atoms with van der Waals surface area (Å²) >= 11 is 6.25. The van der Waals surface area contributed by atoms with Crippen LogP contribution in [-0.2, 0) is 23.8 Å². The van der Waals surface area contributed by atoms with Gasteiger partial charge in [0.1, 0.15) is 12.2 Å². The lowest BCUT2D eigenvalue weighted by Gasteiger charge is -2.25. The first-order valence-corrected chi connectivity index (χ1v) is 11.1. The van der Waals surface area contributed by atoms with Crippen LogP contribution in [0, 0.1) is 0 Å². The van der Waals surface area contributed by atoms with E-state index >= 15 is 0 Å². The molecule has 2 fully saturated rings. The van der Waals surface area contributed by atoms with Crippen molar-refractivity contribution in [1.29, 1.82) is 0 Å². The number of likely N-dealkylation sites (N-methyl/N-ethyl adjacent to an activating group) is 1. The maximum atomic E-state index is 12.9. The number of aromatic nitrogens is 4. The molecule has 0 radical (unpaired) electrons. The van der Waals surface area contributed by atoms with E-state index in [1.165, 1.54) is 14.2 Å². The van der Waals surface area contributed by atoms with Crippen molar-refractivity contribution in [3.8, 4) is 0 Å². The van der Waals surface area contributed by atoms with Gasteiger partial charge < -0.3 is 19.5 Å². The van der Waals surface area contributed by atoms with Gasteiger partial charge in [-0.2, -0.15) is 9.97 Å². The number of anilines is 1. The molecule has 32 heavy (non-hydrogen) atoms. The lowest BCUT2D eigenvalue weighted by Crippen LogP contribution is -2.43. The molecular weight excluding hydrogens is 440 g/mol. The van der Waals surface area contributed by atoms with E-state index in [-0.39, 0.29) is 17.2 Å². The van der Waals surface area contributed by atoms with Gasteiger partial charge in [0.15, 0.2) is 35.1 Å². The van der Waals surface area contributed by atoms with Crippen LogP contribution in [0.3, 0.4) is 0 Å². The molecule has 2 aliphatic rings. The first-order valence-electron chi connectivity index (χ1n) is 10.7. The Hall–Kier alpha value is -2.05. The molecular formula is C20H29ClN6O5. The number of hydrogen-bond donors (Lipinski definition) is 1. The Morgan fingerprint density at radius 3 is 2.66 bits per heavy atom. The highest BCUT2D eigenvalue weighted by Gasteiger charge is 2.59. The van der Waals surface area contributed by atoms with Crippen LogP contribution in [0.1, 0.15) is 46.8 Å². The fourth-order valence-electron chi connectivity index (χ4n) is 4.13. The summed E-state index contributed by atoms with van der Waals surface area (Å²) < 4.78 is 20.0. The van der Waals surface area contributed by atoms with E-state index in [9.17, 15) is 4.79 Å². The average Bonchev–Trinajstić information content (AvgIpc) is 3.41. The number of imidazole rings is 1. The third-order valence-corrected chi connectivity index (χ3v) is 6.02. The molecule has 0 aliphatic carbocycles. The molecule has 0 unspecified atom stereocenters. The van der Waals surface area contributed by atoms with Crippen LogP contribution in [-0.4, -0.2) is 74.8 Å². The lowest BCUT2D eigenvalue weighted by atomic mass is 10.1. The zero-order valence-electron chi connectivity index (χ0n) is 19.0. The molecule has 12 heteroatoms. The van der Waals surface area contributed by atoms with Crippen molar-refractivity contribution in [3.05, 3.63) is 11.6 Å². The first kappa shape index (κ1) is 23.1. The number of amides is 1. The van der Waals surface area contributed by atoms with Gasteiger partial charge in [0.25, 0.3) is 5.91 Å². The Morgan fingerprint density at radius 1 is 1.31 bits per heavy atom. The molecule has 0 spiro atoms. The Labute approximate surface area is 191 Å². The minimum absolute atomic E-state index is 0.0814. The van der Waals surface area contributed by atoms with E-state index in [0.717, 1.165) is 17.9 Å². The second-order valence-electron chi connectivity index (χ2n) is 8.35. The van der Waals surface area contributed by atoms with Gasteiger partial charge in [-0.15, -0.1) is 0 Å². The molecule has 2 aliphatic heterocycles. The van der Waals surface area contributed by atoms with Crippen molar-refractivity contribution in [1.82, 2.24) is 24.6 Å². The van der Waals surface area contributed by atoms with Crippen LogP contribution in [0.2, 0.25) is 5.28 Å². The molecule has 11 nitrogen and oxygen atoms in total. The standard InChI is InChI=1S/C20H29ClN6O5/c1-7-10(8-2)23-15-11-16(25-19(21)24-15)27(9-22-11)18-14-12(31-20(3,4)32-14)13(30-18)17(28)26(5)29-6/h9-10,12-14,18H,7-8H2,1-6H3,(H,23,24,25)/t12-,13+,14-,18-/m1/s1. The molecule has 4 atom stereocenters. The first-order chi connectivity index (χ1) is 15.2. The number of fused-ring (bicyclic) bond motifs is 2. The molecule has 4 rings (SSSR count). The Kier molecular flexibility index (Phi) is 6.29. The van der Waals surface area contributed by atoms with Gasteiger partial charge in [0.05, 0.1) is 13.4 Å². The fraction of sp³-hybridized carbons (Fsp3) is 0.700. The number of carbonyl (C=O) groups excluding carboxylic acids is 1. The van der Waals surface area contributed by atoms with Crippen LogP contribution in [0.4, 0.5) is 5.82 Å². The molecule has 4 heterocycles. The van der Waals surface area contributed by atoms with E-state index in [1.54, 1.807) is 24.7 Å². The highest BCUT2D eigenvalue weighted by molar-refractivity contribution is 6.28. The largest absolute Gasteiger partial charge is 0.365 e. The number of ether oxygens (including phenoxy) is 3. The molecule has 0 aromatic carbocycles.